The summed E-state index contributed by atoms with van der Waals surface area (Å²) in [5.74, 6) is 0.200. The van der Waals surface area contributed by atoms with Gasteiger partial charge in [-0.3, -0.25) is 10.0 Å². The number of sulfonamides is 1. The molecule has 0 saturated carbocycles. The van der Waals surface area contributed by atoms with Crippen molar-refractivity contribution in [3.05, 3.63) is 54.1 Å². The van der Waals surface area contributed by atoms with E-state index in [1.807, 2.05) is 30.3 Å². The summed E-state index contributed by atoms with van der Waals surface area (Å²) in [6.07, 6.45) is 6.79. The predicted molar refractivity (Wildman–Crippen MR) is 138 cm³/mol. The maximum Gasteiger partial charge on any atom is 0.261 e. The van der Waals surface area contributed by atoms with Gasteiger partial charge in [-0.15, -0.1) is 11.3 Å². The molecule has 0 aliphatic heterocycles. The number of thiazole rings is 1. The van der Waals surface area contributed by atoms with E-state index in [1.54, 1.807) is 29.4 Å². The first-order valence-corrected chi connectivity index (χ1v) is 14.7. The van der Waals surface area contributed by atoms with Crippen LogP contribution in [-0.2, 0) is 21.2 Å². The minimum Gasteiger partial charge on any atom is -0.289 e. The number of carbonyl (C=O) groups is 1. The van der Waals surface area contributed by atoms with E-state index >= 15 is 0 Å². The Morgan fingerprint density at radius 1 is 1.12 bits per heavy atom. The lowest BCUT2D eigenvalue weighted by Crippen LogP contribution is -2.46. The van der Waals surface area contributed by atoms with Crippen LogP contribution in [0.4, 0.5) is 0 Å². The largest absolute Gasteiger partial charge is 0.289 e. The molecule has 0 aliphatic rings. The molecule has 0 bridgehead atoms. The summed E-state index contributed by atoms with van der Waals surface area (Å²) < 4.78 is 30.2. The highest BCUT2D eigenvalue weighted by atomic mass is 32.2. The third-order valence-electron chi connectivity index (χ3n) is 5.41. The molecule has 3 N–H and O–H groups in total. The molecule has 1 atom stereocenters. The van der Waals surface area contributed by atoms with Crippen LogP contribution in [0.1, 0.15) is 51.0 Å². The van der Waals surface area contributed by atoms with Crippen molar-refractivity contribution in [2.75, 3.05) is 5.75 Å². The molecule has 1 heterocycles. The normalized spacial score (nSPS) is 12.6. The quantitative estimate of drug-likeness (QED) is 0.117. The number of hydrogen-bond acceptors (Lipinski definition) is 7. The molecule has 0 fully saturated rings. The van der Waals surface area contributed by atoms with Crippen LogP contribution in [0.15, 0.2) is 57.8 Å². The Bertz CT molecular complexity index is 1170. The molecule has 0 saturated heterocycles. The molecule has 34 heavy (non-hydrogen) atoms. The standard InChI is InChI=1S/C24H31N3O4S3/c1-2-3-4-5-9-16-32-24-25-20-15-13-19(17-22(20)33-24)34(30,31)27-21(23(28)26-29)14-12-18-10-7-6-8-11-18/h6-8,10-11,13,15,17,21,27,29H,2-5,9,12,14,16H2,1H3,(H,26,28). The lowest BCUT2D eigenvalue weighted by Gasteiger charge is -2.17. The van der Waals surface area contributed by atoms with Gasteiger partial charge in [0.1, 0.15) is 6.04 Å². The predicted octanol–water partition coefficient (Wildman–Crippen LogP) is 5.14. The van der Waals surface area contributed by atoms with E-state index in [1.165, 1.54) is 43.1 Å². The van der Waals surface area contributed by atoms with E-state index in [0.717, 1.165) is 32.3 Å². The number of hydrogen-bond donors (Lipinski definition) is 3. The van der Waals surface area contributed by atoms with E-state index < -0.39 is 22.0 Å². The van der Waals surface area contributed by atoms with Gasteiger partial charge in [0.2, 0.25) is 10.0 Å². The highest BCUT2D eigenvalue weighted by Gasteiger charge is 2.26. The van der Waals surface area contributed by atoms with Crippen LogP contribution in [0, 0.1) is 0 Å². The van der Waals surface area contributed by atoms with Crippen molar-refractivity contribution >= 4 is 49.2 Å². The van der Waals surface area contributed by atoms with Gasteiger partial charge in [0, 0.05) is 5.75 Å². The molecule has 1 amide bonds. The first-order chi connectivity index (χ1) is 16.4. The van der Waals surface area contributed by atoms with Gasteiger partial charge in [-0.25, -0.2) is 18.9 Å². The third kappa shape index (κ3) is 7.78. The number of rotatable bonds is 14. The number of aromatic nitrogens is 1. The molecule has 0 aliphatic carbocycles. The molecular formula is C24H31N3O4S3. The van der Waals surface area contributed by atoms with Crippen molar-refractivity contribution < 1.29 is 18.4 Å². The van der Waals surface area contributed by atoms with Gasteiger partial charge in [-0.2, -0.15) is 4.72 Å². The molecule has 0 radical (unpaired) electrons. The summed E-state index contributed by atoms with van der Waals surface area (Å²) in [6, 6.07) is 13.1. The Morgan fingerprint density at radius 2 is 1.88 bits per heavy atom. The van der Waals surface area contributed by atoms with Gasteiger partial charge in [-0.05, 0) is 43.0 Å². The number of thioether (sulfide) groups is 1. The number of benzene rings is 2. The number of unbranched alkanes of at least 4 members (excludes halogenated alkanes) is 4. The highest BCUT2D eigenvalue weighted by molar-refractivity contribution is 8.01. The van der Waals surface area contributed by atoms with Crippen LogP contribution in [-0.4, -0.2) is 36.3 Å². The smallest absolute Gasteiger partial charge is 0.261 e. The fourth-order valence-corrected chi connectivity index (χ4v) is 7.02. The summed E-state index contributed by atoms with van der Waals surface area (Å²) in [5, 5.41) is 9.10. The van der Waals surface area contributed by atoms with Crippen LogP contribution in [0.25, 0.3) is 10.2 Å². The molecule has 2 aromatic carbocycles. The molecule has 0 spiro atoms. The second kappa shape index (κ2) is 13.2. The van der Waals surface area contributed by atoms with E-state index in [-0.39, 0.29) is 11.3 Å². The third-order valence-corrected chi connectivity index (χ3v) is 9.13. The van der Waals surface area contributed by atoms with E-state index in [9.17, 15) is 13.2 Å². The van der Waals surface area contributed by atoms with Crippen molar-refractivity contribution in [1.82, 2.24) is 15.2 Å². The van der Waals surface area contributed by atoms with Crippen molar-refractivity contribution in [2.24, 2.45) is 0 Å². The topological polar surface area (TPSA) is 108 Å². The van der Waals surface area contributed by atoms with Crippen LogP contribution in [0.2, 0.25) is 0 Å². The second-order valence-electron chi connectivity index (χ2n) is 8.05. The summed E-state index contributed by atoms with van der Waals surface area (Å²) in [6.45, 7) is 2.20. The molecule has 3 rings (SSSR count). The minimum absolute atomic E-state index is 0.0650. The first-order valence-electron chi connectivity index (χ1n) is 11.5. The lowest BCUT2D eigenvalue weighted by atomic mass is 10.1. The summed E-state index contributed by atoms with van der Waals surface area (Å²) >= 11 is 3.17. The molecule has 7 nitrogen and oxygen atoms in total. The zero-order chi connectivity index (χ0) is 24.4. The number of hydroxylamine groups is 1. The van der Waals surface area contributed by atoms with Crippen molar-refractivity contribution in [1.29, 1.82) is 0 Å². The van der Waals surface area contributed by atoms with Gasteiger partial charge in [-0.1, -0.05) is 74.7 Å². The lowest BCUT2D eigenvalue weighted by molar-refractivity contribution is -0.131. The van der Waals surface area contributed by atoms with Crippen LogP contribution in [0.3, 0.4) is 0 Å². The first kappa shape index (κ1) is 26.6. The van der Waals surface area contributed by atoms with Crippen molar-refractivity contribution in [3.8, 4) is 0 Å². The summed E-state index contributed by atoms with van der Waals surface area (Å²) in [5.41, 5.74) is 3.29. The zero-order valence-electron chi connectivity index (χ0n) is 19.2. The number of amides is 1. The Balaban J connectivity index is 1.66. The van der Waals surface area contributed by atoms with Crippen LogP contribution < -0.4 is 10.2 Å². The monoisotopic (exact) mass is 521 g/mol. The Morgan fingerprint density at radius 3 is 2.62 bits per heavy atom. The van der Waals surface area contributed by atoms with Gasteiger partial charge in [0.25, 0.3) is 5.91 Å². The number of fused-ring (bicyclic) bond motifs is 1. The average molecular weight is 522 g/mol. The van der Waals surface area contributed by atoms with Gasteiger partial charge < -0.3 is 0 Å². The van der Waals surface area contributed by atoms with Gasteiger partial charge >= 0.3 is 0 Å². The minimum atomic E-state index is -3.98. The van der Waals surface area contributed by atoms with Crippen LogP contribution in [0.5, 0.6) is 0 Å². The Labute approximate surface area is 209 Å². The van der Waals surface area contributed by atoms with E-state index in [0.29, 0.717) is 6.42 Å². The number of nitrogens with one attached hydrogen (secondary N) is 2. The molecular weight excluding hydrogens is 490 g/mol. The number of aryl methyl sites for hydroxylation is 1. The van der Waals surface area contributed by atoms with Gasteiger partial charge in [0.15, 0.2) is 4.34 Å². The SMILES string of the molecule is CCCCCCCSc1nc2ccc(S(=O)(=O)NC(CCc3ccccc3)C(=O)NO)cc2s1. The maximum atomic E-state index is 13.0. The van der Waals surface area contributed by atoms with E-state index in [2.05, 4.69) is 16.6 Å². The average Bonchev–Trinajstić information content (AvgIpc) is 3.26. The molecule has 1 aromatic heterocycles. The Hall–Kier alpha value is -1.98. The van der Waals surface area contributed by atoms with Crippen molar-refractivity contribution in [2.45, 2.75) is 67.1 Å². The summed E-state index contributed by atoms with van der Waals surface area (Å²) in [4.78, 5) is 16.8. The van der Waals surface area contributed by atoms with Gasteiger partial charge in [0.05, 0.1) is 15.1 Å². The fraction of sp³-hybridized carbons (Fsp3) is 0.417. The molecule has 3 aromatic rings. The molecule has 1 unspecified atom stereocenters. The van der Waals surface area contributed by atoms with E-state index in [4.69, 9.17) is 5.21 Å². The number of carbonyl (C=O) groups excluding carboxylic acids is 1. The van der Waals surface area contributed by atoms with Crippen LogP contribution >= 0.6 is 23.1 Å². The second-order valence-corrected chi connectivity index (χ2v) is 12.1. The van der Waals surface area contributed by atoms with Crippen molar-refractivity contribution in [3.63, 3.8) is 0 Å². The fourth-order valence-electron chi connectivity index (χ4n) is 3.51. The maximum absolute atomic E-state index is 13.0. The Kier molecular flexibility index (Phi) is 10.3. The molecule has 10 heteroatoms. The molecule has 184 valence electrons. The summed E-state index contributed by atoms with van der Waals surface area (Å²) in [7, 11) is -3.98. The highest BCUT2D eigenvalue weighted by Crippen LogP contribution is 2.31. The zero-order valence-corrected chi connectivity index (χ0v) is 21.6. The number of nitrogens with zero attached hydrogens (tertiary/aromatic N) is 1.